The van der Waals surface area contributed by atoms with Crippen LogP contribution in [0.2, 0.25) is 0 Å². The lowest BCUT2D eigenvalue weighted by atomic mass is 10.1. The quantitative estimate of drug-likeness (QED) is 0.489. The summed E-state index contributed by atoms with van der Waals surface area (Å²) in [6.07, 6.45) is 3.60. The van der Waals surface area contributed by atoms with Gasteiger partial charge in [0, 0.05) is 17.4 Å². The van der Waals surface area contributed by atoms with Gasteiger partial charge in [0.2, 0.25) is 5.91 Å². The molecular formula is C24H28FN5O2S. The molecule has 7 nitrogen and oxygen atoms in total. The average Bonchev–Trinajstić information content (AvgIpc) is 3.22. The van der Waals surface area contributed by atoms with Crippen LogP contribution in [0.1, 0.15) is 32.0 Å². The van der Waals surface area contributed by atoms with Crippen LogP contribution in [0.5, 0.6) is 5.75 Å². The zero-order valence-electron chi connectivity index (χ0n) is 18.8. The third-order valence-corrected chi connectivity index (χ3v) is 6.63. The normalized spacial score (nSPS) is 15.2. The first-order chi connectivity index (χ1) is 16.0. The number of nitrogens with one attached hydrogen (secondary N) is 1. The number of halogens is 1. The van der Waals surface area contributed by atoms with E-state index >= 15 is 0 Å². The Hall–Kier alpha value is -2.91. The van der Waals surface area contributed by atoms with E-state index < -0.39 is 5.25 Å². The zero-order chi connectivity index (χ0) is 23.2. The van der Waals surface area contributed by atoms with Gasteiger partial charge in [-0.2, -0.15) is 0 Å². The first-order valence-corrected chi connectivity index (χ1v) is 12.0. The Morgan fingerprint density at radius 1 is 1.15 bits per heavy atom. The van der Waals surface area contributed by atoms with Crippen LogP contribution in [0.25, 0.3) is 5.69 Å². The average molecular weight is 470 g/mol. The lowest BCUT2D eigenvalue weighted by Crippen LogP contribution is -2.30. The molecule has 1 aliphatic heterocycles. The van der Waals surface area contributed by atoms with Gasteiger partial charge in [-0.3, -0.25) is 14.3 Å². The topological polar surface area (TPSA) is 72.3 Å². The van der Waals surface area contributed by atoms with Crippen molar-refractivity contribution >= 4 is 23.4 Å². The Balaban J connectivity index is 1.54. The number of carbonyl (C=O) groups is 1. The molecule has 0 aliphatic carbocycles. The molecule has 0 unspecified atom stereocenters. The molecule has 1 fully saturated rings. The molecule has 9 heteroatoms. The third kappa shape index (κ3) is 5.91. The van der Waals surface area contributed by atoms with Gasteiger partial charge in [-0.25, -0.2) is 4.39 Å². The van der Waals surface area contributed by atoms with Crippen LogP contribution in [0.15, 0.2) is 53.7 Å². The number of amides is 1. The van der Waals surface area contributed by atoms with E-state index in [1.165, 1.54) is 43.2 Å². The van der Waals surface area contributed by atoms with E-state index in [4.69, 9.17) is 4.74 Å². The number of nitrogens with zero attached hydrogens (tertiary/aromatic N) is 4. The second kappa shape index (κ2) is 10.8. The highest BCUT2D eigenvalue weighted by molar-refractivity contribution is 8.00. The van der Waals surface area contributed by atoms with Gasteiger partial charge in [-0.15, -0.1) is 10.2 Å². The van der Waals surface area contributed by atoms with E-state index in [9.17, 15) is 9.18 Å². The maximum absolute atomic E-state index is 13.6. The van der Waals surface area contributed by atoms with Crippen LogP contribution in [-0.4, -0.2) is 51.0 Å². The molecule has 2 aromatic carbocycles. The van der Waals surface area contributed by atoms with Gasteiger partial charge in [0.1, 0.15) is 11.6 Å². The molecule has 1 aliphatic rings. The summed E-state index contributed by atoms with van der Waals surface area (Å²) >= 11 is 1.32. The van der Waals surface area contributed by atoms with Crippen molar-refractivity contribution in [2.45, 2.75) is 43.1 Å². The van der Waals surface area contributed by atoms with Crippen molar-refractivity contribution in [3.63, 3.8) is 0 Å². The van der Waals surface area contributed by atoms with Gasteiger partial charge in [-0.05, 0) is 69.3 Å². The number of methoxy groups -OCH3 is 1. The molecule has 174 valence electrons. The summed E-state index contributed by atoms with van der Waals surface area (Å²) in [6, 6.07) is 13.5. The maximum atomic E-state index is 13.6. The zero-order valence-corrected chi connectivity index (χ0v) is 19.6. The van der Waals surface area contributed by atoms with Gasteiger partial charge in [0.25, 0.3) is 0 Å². The second-order valence-corrected chi connectivity index (χ2v) is 9.34. The van der Waals surface area contributed by atoms with Gasteiger partial charge < -0.3 is 10.1 Å². The van der Waals surface area contributed by atoms with E-state index in [0.717, 1.165) is 24.6 Å². The Morgan fingerprint density at radius 2 is 1.91 bits per heavy atom. The molecule has 2 heterocycles. The summed E-state index contributed by atoms with van der Waals surface area (Å²) in [5.74, 6) is 1.00. The van der Waals surface area contributed by atoms with Crippen molar-refractivity contribution < 1.29 is 13.9 Å². The van der Waals surface area contributed by atoms with Crippen LogP contribution in [0, 0.1) is 5.82 Å². The monoisotopic (exact) mass is 469 g/mol. The number of rotatable bonds is 8. The highest BCUT2D eigenvalue weighted by Gasteiger charge is 2.23. The largest absolute Gasteiger partial charge is 0.497 e. The molecule has 1 aromatic heterocycles. The summed E-state index contributed by atoms with van der Waals surface area (Å²) in [7, 11) is 1.59. The first-order valence-electron chi connectivity index (χ1n) is 11.1. The Bertz CT molecular complexity index is 1080. The lowest BCUT2D eigenvalue weighted by molar-refractivity contribution is -0.115. The third-order valence-electron chi connectivity index (χ3n) is 5.59. The molecule has 0 saturated carbocycles. The summed E-state index contributed by atoms with van der Waals surface area (Å²) in [6.45, 7) is 4.54. The molecule has 1 amide bonds. The lowest BCUT2D eigenvalue weighted by Gasteiger charge is -2.26. The number of carbonyl (C=O) groups excluding carboxylic acids is 1. The molecule has 0 bridgehead atoms. The summed E-state index contributed by atoms with van der Waals surface area (Å²) in [5.41, 5.74) is 1.44. The Labute approximate surface area is 197 Å². The van der Waals surface area contributed by atoms with Crippen LogP contribution in [-0.2, 0) is 11.3 Å². The fourth-order valence-corrected chi connectivity index (χ4v) is 4.69. The smallest absolute Gasteiger partial charge is 0.237 e. The Morgan fingerprint density at radius 3 is 2.64 bits per heavy atom. The number of thioether (sulfide) groups is 1. The van der Waals surface area contributed by atoms with Crippen molar-refractivity contribution in [1.82, 2.24) is 19.7 Å². The number of ether oxygens (including phenoxy) is 1. The summed E-state index contributed by atoms with van der Waals surface area (Å²) in [4.78, 5) is 15.2. The van der Waals surface area contributed by atoms with E-state index in [1.807, 2.05) is 29.7 Å². The fourth-order valence-electron chi connectivity index (χ4n) is 3.80. The number of likely N-dealkylation sites (tertiary alicyclic amines) is 1. The van der Waals surface area contributed by atoms with Crippen molar-refractivity contribution in [3.05, 3.63) is 60.2 Å². The minimum absolute atomic E-state index is 0.153. The second-order valence-electron chi connectivity index (χ2n) is 8.03. The predicted molar refractivity (Wildman–Crippen MR) is 127 cm³/mol. The van der Waals surface area contributed by atoms with Gasteiger partial charge in [0.15, 0.2) is 11.0 Å². The van der Waals surface area contributed by atoms with Gasteiger partial charge in [0.05, 0.1) is 18.9 Å². The number of anilines is 1. The summed E-state index contributed by atoms with van der Waals surface area (Å²) in [5, 5.41) is 11.9. The van der Waals surface area contributed by atoms with Crippen LogP contribution >= 0.6 is 11.8 Å². The van der Waals surface area contributed by atoms with E-state index in [2.05, 4.69) is 20.4 Å². The van der Waals surface area contributed by atoms with E-state index in [-0.39, 0.29) is 11.7 Å². The minimum atomic E-state index is -0.428. The number of hydrogen-bond donors (Lipinski definition) is 1. The number of piperidine rings is 1. The maximum Gasteiger partial charge on any atom is 0.237 e. The highest BCUT2D eigenvalue weighted by Crippen LogP contribution is 2.28. The minimum Gasteiger partial charge on any atom is -0.497 e. The number of hydrogen-bond acceptors (Lipinski definition) is 6. The SMILES string of the molecule is COc1cccc(NC(=O)[C@H](C)Sc2nnc(CN3CCCCC3)n2-c2ccc(F)cc2)c1. The molecule has 4 rings (SSSR count). The summed E-state index contributed by atoms with van der Waals surface area (Å²) < 4.78 is 20.7. The first kappa shape index (κ1) is 23.3. The molecule has 33 heavy (non-hydrogen) atoms. The van der Waals surface area contributed by atoms with E-state index in [1.54, 1.807) is 25.3 Å². The van der Waals surface area contributed by atoms with Crippen molar-refractivity contribution in [3.8, 4) is 11.4 Å². The van der Waals surface area contributed by atoms with Crippen molar-refractivity contribution in [2.75, 3.05) is 25.5 Å². The van der Waals surface area contributed by atoms with Crippen LogP contribution < -0.4 is 10.1 Å². The molecule has 1 atom stereocenters. The molecule has 0 spiro atoms. The van der Waals surface area contributed by atoms with E-state index in [0.29, 0.717) is 23.1 Å². The van der Waals surface area contributed by atoms with Crippen LogP contribution in [0.4, 0.5) is 10.1 Å². The van der Waals surface area contributed by atoms with Gasteiger partial charge >= 0.3 is 0 Å². The van der Waals surface area contributed by atoms with Crippen molar-refractivity contribution in [2.24, 2.45) is 0 Å². The molecule has 3 aromatic rings. The van der Waals surface area contributed by atoms with Gasteiger partial charge in [-0.1, -0.05) is 24.2 Å². The number of aromatic nitrogens is 3. The Kier molecular flexibility index (Phi) is 7.61. The van der Waals surface area contributed by atoms with Crippen LogP contribution in [0.3, 0.4) is 0 Å². The van der Waals surface area contributed by atoms with Crippen molar-refractivity contribution in [1.29, 1.82) is 0 Å². The fraction of sp³-hybridized carbons (Fsp3) is 0.375. The highest BCUT2D eigenvalue weighted by atomic mass is 32.2. The number of benzene rings is 2. The molecule has 1 N–H and O–H groups in total. The molecule has 0 radical (unpaired) electrons. The molecular weight excluding hydrogens is 441 g/mol. The predicted octanol–water partition coefficient (Wildman–Crippen LogP) is 4.52. The standard InChI is InChI=1S/C24H28FN5O2S/c1-17(23(31)26-19-7-6-8-21(15-19)32-2)33-24-28-27-22(16-29-13-4-3-5-14-29)30(24)20-11-9-18(25)10-12-20/h6-12,15,17H,3-5,13-14,16H2,1-2H3,(H,26,31)/t17-/m0/s1. The molecule has 1 saturated heterocycles.